The number of nitrogens with one attached hydrogen (secondary N) is 1. The SMILES string of the molecule is CCCCCc1nc(C(C)(F)F)nn1Cc1ccc(Cc2ccccc2-c2nnn[nH]2)cc1. The van der Waals surface area contributed by atoms with Crippen molar-refractivity contribution >= 4 is 0 Å². The average Bonchev–Trinajstić information content (AvgIpc) is 3.46. The van der Waals surface area contributed by atoms with E-state index in [1.165, 1.54) is 0 Å². The molecule has 4 aromatic rings. The van der Waals surface area contributed by atoms with Gasteiger partial charge < -0.3 is 0 Å². The number of aromatic amines is 1. The number of aryl methyl sites for hydroxylation is 1. The number of halogens is 2. The van der Waals surface area contributed by atoms with E-state index in [1.807, 2.05) is 42.5 Å². The summed E-state index contributed by atoms with van der Waals surface area (Å²) in [6, 6.07) is 16.1. The molecule has 1 N–H and O–H groups in total. The van der Waals surface area contributed by atoms with E-state index in [2.05, 4.69) is 43.7 Å². The Morgan fingerprint density at radius 1 is 1.00 bits per heavy atom. The molecular formula is C24H27F2N7. The van der Waals surface area contributed by atoms with Gasteiger partial charge in [0.15, 0.2) is 5.82 Å². The predicted octanol–water partition coefficient (Wildman–Crippen LogP) is 4.94. The molecule has 0 bridgehead atoms. The number of benzene rings is 2. The van der Waals surface area contributed by atoms with E-state index in [4.69, 9.17) is 0 Å². The van der Waals surface area contributed by atoms with Crippen molar-refractivity contribution in [3.05, 3.63) is 76.9 Å². The van der Waals surface area contributed by atoms with Crippen LogP contribution in [0.1, 0.15) is 61.4 Å². The Balaban J connectivity index is 1.50. The lowest BCUT2D eigenvalue weighted by molar-refractivity contribution is 0.00756. The fourth-order valence-corrected chi connectivity index (χ4v) is 3.74. The quantitative estimate of drug-likeness (QED) is 0.345. The molecule has 172 valence electrons. The molecule has 0 saturated heterocycles. The van der Waals surface area contributed by atoms with Gasteiger partial charge in [-0.2, -0.15) is 8.78 Å². The number of nitrogens with zero attached hydrogens (tertiary/aromatic N) is 6. The van der Waals surface area contributed by atoms with E-state index in [9.17, 15) is 8.78 Å². The van der Waals surface area contributed by atoms with Crippen molar-refractivity contribution in [2.24, 2.45) is 0 Å². The number of tetrazole rings is 1. The first-order valence-corrected chi connectivity index (χ1v) is 11.2. The van der Waals surface area contributed by atoms with Crippen LogP contribution in [-0.2, 0) is 25.3 Å². The standard InChI is InChI=1S/C24H27F2N7/c1-3-4-5-10-21-27-23(24(2,25)26)30-33(21)16-18-13-11-17(12-14-18)15-19-8-6-7-9-20(19)22-28-31-32-29-22/h6-9,11-14H,3-5,10,15-16H2,1-2H3,(H,28,29,31,32). The number of hydrogen-bond acceptors (Lipinski definition) is 5. The van der Waals surface area contributed by atoms with Gasteiger partial charge in [-0.1, -0.05) is 68.3 Å². The van der Waals surface area contributed by atoms with Gasteiger partial charge in [-0.3, -0.25) is 0 Å². The van der Waals surface area contributed by atoms with Crippen LogP contribution in [0.5, 0.6) is 0 Å². The normalized spacial score (nSPS) is 11.8. The van der Waals surface area contributed by atoms with E-state index in [0.717, 1.165) is 54.9 Å². The summed E-state index contributed by atoms with van der Waals surface area (Å²) in [5.74, 6) is -2.23. The van der Waals surface area contributed by atoms with Gasteiger partial charge in [0.2, 0.25) is 5.82 Å². The minimum Gasteiger partial charge on any atom is -0.245 e. The molecule has 0 aliphatic heterocycles. The molecule has 0 aliphatic carbocycles. The maximum atomic E-state index is 13.8. The van der Waals surface area contributed by atoms with Gasteiger partial charge in [0.25, 0.3) is 0 Å². The van der Waals surface area contributed by atoms with Gasteiger partial charge in [0.05, 0.1) is 6.54 Å². The highest BCUT2D eigenvalue weighted by molar-refractivity contribution is 5.60. The Hall–Kier alpha value is -3.49. The maximum absolute atomic E-state index is 13.8. The van der Waals surface area contributed by atoms with Gasteiger partial charge >= 0.3 is 5.92 Å². The maximum Gasteiger partial charge on any atom is 0.305 e. The zero-order valence-corrected chi connectivity index (χ0v) is 18.8. The highest BCUT2D eigenvalue weighted by Crippen LogP contribution is 2.25. The van der Waals surface area contributed by atoms with E-state index in [0.29, 0.717) is 24.6 Å². The summed E-state index contributed by atoms with van der Waals surface area (Å²) in [6.07, 6.45) is 4.35. The number of unbranched alkanes of at least 4 members (excludes halogenated alkanes) is 2. The Labute approximate surface area is 191 Å². The van der Waals surface area contributed by atoms with Crippen molar-refractivity contribution in [3.63, 3.8) is 0 Å². The van der Waals surface area contributed by atoms with E-state index in [1.54, 1.807) is 4.68 Å². The summed E-state index contributed by atoms with van der Waals surface area (Å²) in [4.78, 5) is 4.14. The summed E-state index contributed by atoms with van der Waals surface area (Å²) in [6.45, 7) is 3.35. The Kier molecular flexibility index (Phi) is 6.86. The second-order valence-electron chi connectivity index (χ2n) is 8.26. The van der Waals surface area contributed by atoms with Crippen molar-refractivity contribution in [2.45, 2.75) is 58.4 Å². The zero-order valence-electron chi connectivity index (χ0n) is 18.8. The van der Waals surface area contributed by atoms with Crippen LogP contribution in [0.25, 0.3) is 11.4 Å². The minimum atomic E-state index is -3.05. The fourth-order valence-electron chi connectivity index (χ4n) is 3.74. The van der Waals surface area contributed by atoms with Crippen LogP contribution in [-0.4, -0.2) is 35.4 Å². The molecule has 0 radical (unpaired) electrons. The van der Waals surface area contributed by atoms with Crippen LogP contribution < -0.4 is 0 Å². The molecule has 0 amide bonds. The third-order valence-corrected chi connectivity index (χ3v) is 5.51. The number of hydrogen-bond donors (Lipinski definition) is 1. The van der Waals surface area contributed by atoms with Crippen molar-refractivity contribution in [1.29, 1.82) is 0 Å². The molecule has 4 rings (SSSR count). The molecular weight excluding hydrogens is 424 g/mol. The van der Waals surface area contributed by atoms with Crippen LogP contribution in [0.4, 0.5) is 8.78 Å². The highest BCUT2D eigenvalue weighted by atomic mass is 19.3. The van der Waals surface area contributed by atoms with Crippen molar-refractivity contribution in [3.8, 4) is 11.4 Å². The van der Waals surface area contributed by atoms with Gasteiger partial charge in [-0.15, -0.1) is 10.2 Å². The van der Waals surface area contributed by atoms with Gasteiger partial charge in [-0.25, -0.2) is 14.8 Å². The summed E-state index contributed by atoms with van der Waals surface area (Å²) >= 11 is 0. The van der Waals surface area contributed by atoms with Gasteiger partial charge in [0.1, 0.15) is 5.82 Å². The monoisotopic (exact) mass is 451 g/mol. The second kappa shape index (κ2) is 9.97. The average molecular weight is 452 g/mol. The molecule has 9 heteroatoms. The first-order valence-electron chi connectivity index (χ1n) is 11.2. The molecule has 2 aromatic heterocycles. The van der Waals surface area contributed by atoms with Crippen LogP contribution in [0.3, 0.4) is 0 Å². The minimum absolute atomic E-state index is 0.408. The molecule has 0 saturated carbocycles. The molecule has 0 fully saturated rings. The molecule has 33 heavy (non-hydrogen) atoms. The Morgan fingerprint density at radius 2 is 1.76 bits per heavy atom. The van der Waals surface area contributed by atoms with E-state index < -0.39 is 11.7 Å². The van der Waals surface area contributed by atoms with E-state index in [-0.39, 0.29) is 0 Å². The zero-order chi connectivity index (χ0) is 23.3. The molecule has 2 heterocycles. The summed E-state index contributed by atoms with van der Waals surface area (Å²) in [7, 11) is 0. The summed E-state index contributed by atoms with van der Waals surface area (Å²) in [5.41, 5.74) is 4.17. The van der Waals surface area contributed by atoms with Crippen LogP contribution in [0.2, 0.25) is 0 Å². The van der Waals surface area contributed by atoms with Crippen molar-refractivity contribution in [1.82, 2.24) is 35.4 Å². The number of H-pyrrole nitrogens is 1. The molecule has 0 aliphatic rings. The number of alkyl halides is 2. The number of aromatic nitrogens is 7. The first-order chi connectivity index (χ1) is 15.9. The lowest BCUT2D eigenvalue weighted by Gasteiger charge is -2.09. The first kappa shape index (κ1) is 22.7. The molecule has 2 aromatic carbocycles. The topological polar surface area (TPSA) is 85.2 Å². The third-order valence-electron chi connectivity index (χ3n) is 5.51. The molecule has 7 nitrogen and oxygen atoms in total. The number of rotatable bonds is 10. The van der Waals surface area contributed by atoms with E-state index >= 15 is 0 Å². The molecule has 0 atom stereocenters. The Morgan fingerprint density at radius 3 is 2.45 bits per heavy atom. The smallest absolute Gasteiger partial charge is 0.245 e. The van der Waals surface area contributed by atoms with Crippen molar-refractivity contribution in [2.75, 3.05) is 0 Å². The van der Waals surface area contributed by atoms with Crippen LogP contribution in [0.15, 0.2) is 48.5 Å². The third kappa shape index (κ3) is 5.66. The van der Waals surface area contributed by atoms with Crippen molar-refractivity contribution < 1.29 is 8.78 Å². The lowest BCUT2D eigenvalue weighted by atomic mass is 9.98. The molecule has 0 unspecified atom stereocenters. The second-order valence-corrected chi connectivity index (χ2v) is 8.26. The van der Waals surface area contributed by atoms with Gasteiger partial charge in [-0.05, 0) is 40.0 Å². The van der Waals surface area contributed by atoms with Crippen LogP contribution >= 0.6 is 0 Å². The molecule has 0 spiro atoms. The van der Waals surface area contributed by atoms with Gasteiger partial charge in [0, 0.05) is 18.9 Å². The fraction of sp³-hybridized carbons (Fsp3) is 0.375. The summed E-state index contributed by atoms with van der Waals surface area (Å²) < 4.78 is 29.2. The van der Waals surface area contributed by atoms with Crippen LogP contribution in [0, 0.1) is 0 Å². The lowest BCUT2D eigenvalue weighted by Crippen LogP contribution is -2.11. The Bertz CT molecular complexity index is 1160. The predicted molar refractivity (Wildman–Crippen MR) is 121 cm³/mol. The summed E-state index contributed by atoms with van der Waals surface area (Å²) in [5, 5.41) is 18.3. The largest absolute Gasteiger partial charge is 0.305 e. The highest BCUT2D eigenvalue weighted by Gasteiger charge is 2.31.